The van der Waals surface area contributed by atoms with E-state index in [0.717, 1.165) is 32.1 Å². The highest BCUT2D eigenvalue weighted by Gasteiger charge is 2.34. The van der Waals surface area contributed by atoms with Crippen molar-refractivity contribution in [1.82, 2.24) is 5.32 Å². The van der Waals surface area contributed by atoms with E-state index in [1.54, 1.807) is 0 Å². The predicted molar refractivity (Wildman–Crippen MR) is 185 cm³/mol. The number of aliphatic hydroxyl groups is 3. The first-order valence-electron chi connectivity index (χ1n) is 18.1. The molecule has 0 aliphatic carbocycles. The number of carbonyl (C=O) groups excluding carboxylic acids is 1. The smallest absolute Gasteiger partial charge is 0.224 e. The Balaban J connectivity index is 5.21. The second-order valence-electron chi connectivity index (χ2n) is 14.6. The van der Waals surface area contributed by atoms with Gasteiger partial charge < -0.3 is 34.8 Å². The van der Waals surface area contributed by atoms with E-state index >= 15 is 0 Å². The van der Waals surface area contributed by atoms with Crippen LogP contribution < -0.4 is 5.32 Å². The van der Waals surface area contributed by atoms with Gasteiger partial charge in [0.1, 0.15) is 18.3 Å². The lowest BCUT2D eigenvalue weighted by Crippen LogP contribution is -2.54. The van der Waals surface area contributed by atoms with Crippen molar-refractivity contribution in [2.24, 2.45) is 0 Å². The molecule has 0 aromatic heterocycles. The minimum absolute atomic E-state index is 0.0331. The van der Waals surface area contributed by atoms with Crippen LogP contribution in [0.5, 0.6) is 0 Å². The number of allylic oxidation sites excluding steroid dienone is 1. The van der Waals surface area contributed by atoms with Gasteiger partial charge >= 0.3 is 0 Å². The predicted octanol–water partition coefficient (Wildman–Crippen LogP) is 7.41. The normalized spacial score (nSPS) is 16.1. The molecule has 1 amide bonds. The number of rotatable bonds is 28. The molecule has 0 fully saturated rings. The van der Waals surface area contributed by atoms with Crippen LogP contribution >= 0.6 is 0 Å². The second-order valence-corrected chi connectivity index (χ2v) is 14.6. The van der Waals surface area contributed by atoms with Gasteiger partial charge in [-0.05, 0) is 54.4 Å². The Morgan fingerprint density at radius 2 is 1.24 bits per heavy atom. The van der Waals surface area contributed by atoms with E-state index in [-0.39, 0.29) is 32.1 Å². The van der Waals surface area contributed by atoms with Crippen molar-refractivity contribution in [3.63, 3.8) is 0 Å². The molecule has 0 spiro atoms. The maximum absolute atomic E-state index is 12.9. The van der Waals surface area contributed by atoms with Crippen LogP contribution in [0.3, 0.4) is 0 Å². The largest absolute Gasteiger partial charge is 0.394 e. The Hall–Kier alpha value is -1.03. The first-order chi connectivity index (χ1) is 21.2. The Morgan fingerprint density at radius 1 is 0.711 bits per heavy atom. The molecule has 0 aliphatic heterocycles. The van der Waals surface area contributed by atoms with Gasteiger partial charge in [0.2, 0.25) is 5.91 Å². The van der Waals surface area contributed by atoms with Gasteiger partial charge in [-0.15, -0.1) is 0 Å². The zero-order valence-corrected chi connectivity index (χ0v) is 30.5. The number of amides is 1. The highest BCUT2D eigenvalue weighted by molar-refractivity contribution is 5.77. The molecular formula is C37H73NO7. The summed E-state index contributed by atoms with van der Waals surface area (Å²) in [5.74, 6) is -0.180. The van der Waals surface area contributed by atoms with E-state index < -0.39 is 41.7 Å². The van der Waals surface area contributed by atoms with Crippen LogP contribution in [0.25, 0.3) is 0 Å². The van der Waals surface area contributed by atoms with Crippen molar-refractivity contribution >= 4 is 5.91 Å². The van der Waals surface area contributed by atoms with Crippen LogP contribution in [0.15, 0.2) is 12.2 Å². The van der Waals surface area contributed by atoms with Crippen LogP contribution in [0.1, 0.15) is 158 Å². The van der Waals surface area contributed by atoms with E-state index in [9.17, 15) is 20.1 Å². The lowest BCUT2D eigenvalue weighted by Gasteiger charge is -2.37. The summed E-state index contributed by atoms with van der Waals surface area (Å²) < 4.78 is 18.0. The molecule has 0 unspecified atom stereocenters. The van der Waals surface area contributed by atoms with Gasteiger partial charge in [-0.2, -0.15) is 0 Å². The number of carbonyl (C=O) groups is 1. The summed E-state index contributed by atoms with van der Waals surface area (Å²) >= 11 is 0. The average molecular weight is 644 g/mol. The Bertz CT molecular complexity index is 731. The summed E-state index contributed by atoms with van der Waals surface area (Å²) in [7, 11) is 0. The molecule has 0 saturated carbocycles. The molecule has 268 valence electrons. The van der Waals surface area contributed by atoms with E-state index in [4.69, 9.17) is 14.2 Å². The third kappa shape index (κ3) is 25.7. The average Bonchev–Trinajstić information content (AvgIpc) is 2.95. The number of nitrogens with one attached hydrogen (secondary N) is 1. The van der Waals surface area contributed by atoms with Crippen molar-refractivity contribution in [2.75, 3.05) is 19.8 Å². The molecule has 45 heavy (non-hydrogen) atoms. The molecular weight excluding hydrogens is 570 g/mol. The minimum atomic E-state index is -1.06. The van der Waals surface area contributed by atoms with Crippen LogP contribution in [0.4, 0.5) is 0 Å². The maximum atomic E-state index is 12.9. The zero-order valence-electron chi connectivity index (χ0n) is 30.5. The first-order valence-corrected chi connectivity index (χ1v) is 18.1. The van der Waals surface area contributed by atoms with Crippen LogP contribution in [0.2, 0.25) is 0 Å². The maximum Gasteiger partial charge on any atom is 0.224 e. The van der Waals surface area contributed by atoms with Crippen molar-refractivity contribution in [3.05, 3.63) is 12.2 Å². The van der Waals surface area contributed by atoms with Gasteiger partial charge in [0, 0.05) is 6.42 Å². The van der Waals surface area contributed by atoms with Gasteiger partial charge in [0.05, 0.1) is 43.2 Å². The second kappa shape index (κ2) is 26.0. The number of hydrogen-bond acceptors (Lipinski definition) is 7. The topological polar surface area (TPSA) is 117 Å². The van der Waals surface area contributed by atoms with Gasteiger partial charge in [-0.1, -0.05) is 109 Å². The van der Waals surface area contributed by atoms with Crippen LogP contribution in [-0.2, 0) is 19.0 Å². The van der Waals surface area contributed by atoms with Gasteiger partial charge in [0.15, 0.2) is 0 Å². The standard InChI is InChI=1S/C37H73NO7/c1-9-11-13-15-16-17-18-19-20-21-22-23-25-31(40)35(45-37(6,7)8)30(38-34(42)26-24-14-12-10-2)28-43-29-32(41)33(27-39)44-36(3,4)5/h14,24,30-33,35,39-41H,9-13,15-23,25-29H2,1-8H3,(H,38,42)/t30-,31+,32-,33-,35-/m0/s1. The third-order valence-electron chi connectivity index (χ3n) is 7.59. The summed E-state index contributed by atoms with van der Waals surface area (Å²) in [5.41, 5.74) is -1.10. The lowest BCUT2D eigenvalue weighted by atomic mass is 9.98. The molecule has 4 N–H and O–H groups in total. The molecule has 8 heteroatoms. The van der Waals surface area contributed by atoms with Crippen molar-refractivity contribution in [3.8, 4) is 0 Å². The number of unbranched alkanes of at least 4 members (excludes halogenated alkanes) is 12. The molecule has 0 bridgehead atoms. The van der Waals surface area contributed by atoms with Crippen molar-refractivity contribution in [2.45, 2.75) is 200 Å². The molecule has 0 aliphatic rings. The van der Waals surface area contributed by atoms with E-state index in [2.05, 4.69) is 19.2 Å². The molecule has 5 atom stereocenters. The van der Waals surface area contributed by atoms with E-state index in [1.165, 1.54) is 57.8 Å². The SMILES string of the molecule is CCCC=CCC(=O)N[C@@H](COC[C@H](O)[C@H](CO)OC(C)(C)C)[C@H](OC(C)(C)C)[C@H](O)CCCCCCCCCCCCCC. The first kappa shape index (κ1) is 44.0. The molecule has 0 saturated heterocycles. The minimum Gasteiger partial charge on any atom is -0.394 e. The van der Waals surface area contributed by atoms with E-state index in [1.807, 2.05) is 53.7 Å². The number of hydrogen-bond donors (Lipinski definition) is 4. The molecule has 0 rings (SSSR count). The molecule has 0 radical (unpaired) electrons. The Kier molecular flexibility index (Phi) is 25.4. The fourth-order valence-corrected chi connectivity index (χ4v) is 5.27. The molecule has 0 aromatic rings. The Morgan fingerprint density at radius 3 is 1.73 bits per heavy atom. The molecule has 0 heterocycles. The van der Waals surface area contributed by atoms with Gasteiger partial charge in [-0.25, -0.2) is 0 Å². The summed E-state index contributed by atoms with van der Waals surface area (Å²) in [5, 5.41) is 34.8. The highest BCUT2D eigenvalue weighted by atomic mass is 16.5. The number of ether oxygens (including phenoxy) is 3. The fraction of sp³-hybridized carbons (Fsp3) is 0.919. The highest BCUT2D eigenvalue weighted by Crippen LogP contribution is 2.22. The summed E-state index contributed by atoms with van der Waals surface area (Å²) in [6.45, 7) is 15.3. The van der Waals surface area contributed by atoms with E-state index in [0.29, 0.717) is 6.42 Å². The van der Waals surface area contributed by atoms with Crippen molar-refractivity contribution < 1.29 is 34.3 Å². The third-order valence-corrected chi connectivity index (χ3v) is 7.59. The quantitative estimate of drug-likeness (QED) is 0.0518. The van der Waals surface area contributed by atoms with Crippen molar-refractivity contribution in [1.29, 1.82) is 0 Å². The Labute approximate surface area is 277 Å². The summed E-state index contributed by atoms with van der Waals surface area (Å²) in [6.07, 6.45) is 18.2. The molecule has 0 aromatic carbocycles. The summed E-state index contributed by atoms with van der Waals surface area (Å²) in [4.78, 5) is 12.9. The zero-order chi connectivity index (χ0) is 34.1. The van der Waals surface area contributed by atoms with Gasteiger partial charge in [-0.3, -0.25) is 4.79 Å². The fourth-order valence-electron chi connectivity index (χ4n) is 5.27. The monoisotopic (exact) mass is 644 g/mol. The number of aliphatic hydroxyl groups excluding tert-OH is 3. The van der Waals surface area contributed by atoms with Gasteiger partial charge in [0.25, 0.3) is 0 Å². The molecule has 8 nitrogen and oxygen atoms in total. The van der Waals surface area contributed by atoms with Crippen LogP contribution in [-0.4, -0.2) is 82.7 Å². The van der Waals surface area contributed by atoms with Crippen LogP contribution in [0, 0.1) is 0 Å². The lowest BCUT2D eigenvalue weighted by molar-refractivity contribution is -0.155. The summed E-state index contributed by atoms with van der Waals surface area (Å²) in [6, 6.07) is -0.632.